The molecule has 0 atom stereocenters. The third kappa shape index (κ3) is 4.20. The van der Waals surface area contributed by atoms with Gasteiger partial charge in [-0.05, 0) is 12.5 Å². The number of carbonyl (C=O) groups is 1. The normalized spacial score (nSPS) is 10.8. The summed E-state index contributed by atoms with van der Waals surface area (Å²) in [6.45, 7) is 2.23. The van der Waals surface area contributed by atoms with E-state index in [4.69, 9.17) is 0 Å². The van der Waals surface area contributed by atoms with Crippen LogP contribution in [0.5, 0.6) is 0 Å². The van der Waals surface area contributed by atoms with Crippen LogP contribution in [-0.4, -0.2) is 20.7 Å². The fraction of sp³-hybridized carbons (Fsp3) is 0.136. The highest BCUT2D eigenvalue weighted by atomic mass is 32.1. The average molecular weight is 404 g/mol. The van der Waals surface area contributed by atoms with Crippen molar-refractivity contribution in [3.05, 3.63) is 93.2 Å². The van der Waals surface area contributed by atoms with Gasteiger partial charge in [0.25, 0.3) is 5.56 Å². The van der Waals surface area contributed by atoms with Crippen molar-refractivity contribution in [3.63, 3.8) is 0 Å². The number of amides is 1. The number of rotatable bonds is 6. The summed E-state index contributed by atoms with van der Waals surface area (Å²) in [6, 6.07) is 19.5. The molecule has 7 heteroatoms. The zero-order chi connectivity index (χ0) is 20.2. The minimum Gasteiger partial charge on any atom is -0.352 e. The largest absolute Gasteiger partial charge is 0.352 e. The molecule has 2 aromatic carbocycles. The number of H-pyrrole nitrogens is 1. The lowest BCUT2D eigenvalue weighted by molar-refractivity contribution is -0.120. The van der Waals surface area contributed by atoms with Crippen molar-refractivity contribution < 1.29 is 4.79 Å². The first-order valence-corrected chi connectivity index (χ1v) is 10.1. The Morgan fingerprint density at radius 2 is 1.79 bits per heavy atom. The van der Waals surface area contributed by atoms with E-state index in [-0.39, 0.29) is 17.9 Å². The molecule has 1 amide bonds. The van der Waals surface area contributed by atoms with Gasteiger partial charge in [0.1, 0.15) is 0 Å². The Morgan fingerprint density at radius 3 is 2.52 bits per heavy atom. The van der Waals surface area contributed by atoms with Crippen LogP contribution in [0, 0.1) is 6.92 Å². The van der Waals surface area contributed by atoms with Crippen LogP contribution in [-0.2, 0) is 17.8 Å². The van der Waals surface area contributed by atoms with Crippen molar-refractivity contribution in [1.82, 2.24) is 20.1 Å². The molecule has 0 fully saturated rings. The fourth-order valence-electron chi connectivity index (χ4n) is 3.05. The first kappa shape index (κ1) is 18.9. The van der Waals surface area contributed by atoms with E-state index in [1.807, 2.05) is 66.0 Å². The number of nitrogens with one attached hydrogen (secondary N) is 2. The molecule has 0 aliphatic carbocycles. The molecule has 6 nitrogen and oxygen atoms in total. The van der Waals surface area contributed by atoms with Gasteiger partial charge < -0.3 is 5.32 Å². The molecule has 2 N–H and O–H groups in total. The van der Waals surface area contributed by atoms with E-state index < -0.39 is 0 Å². The summed E-state index contributed by atoms with van der Waals surface area (Å²) in [7, 11) is 0. The molecule has 0 saturated carbocycles. The van der Waals surface area contributed by atoms with E-state index in [9.17, 15) is 9.59 Å². The summed E-state index contributed by atoms with van der Waals surface area (Å²) in [5.74, 6) is -0.190. The van der Waals surface area contributed by atoms with Crippen molar-refractivity contribution in [2.75, 3.05) is 0 Å². The van der Waals surface area contributed by atoms with Crippen molar-refractivity contribution >= 4 is 17.2 Å². The van der Waals surface area contributed by atoms with Crippen LogP contribution in [0.3, 0.4) is 0 Å². The highest BCUT2D eigenvalue weighted by Crippen LogP contribution is 2.23. The molecule has 2 aromatic heterocycles. The van der Waals surface area contributed by atoms with Crippen molar-refractivity contribution in [3.8, 4) is 16.4 Å². The van der Waals surface area contributed by atoms with E-state index in [2.05, 4.69) is 15.4 Å². The molecule has 4 rings (SSSR count). The second kappa shape index (κ2) is 8.28. The standard InChI is InChI=1S/C22H20N4O2S/c1-15-18(12-20(27)23-13-16-8-4-2-5-9-16)21(28)26(25-15)22-24-19(14-29-22)17-10-6-3-7-11-17/h2-11,14,25H,12-13H2,1H3,(H,23,27). The van der Waals surface area contributed by atoms with Gasteiger partial charge in [0.05, 0.1) is 12.1 Å². The first-order chi connectivity index (χ1) is 14.1. The van der Waals surface area contributed by atoms with E-state index in [0.29, 0.717) is 22.9 Å². The second-order valence-corrected chi connectivity index (χ2v) is 7.51. The van der Waals surface area contributed by atoms with Crippen molar-refractivity contribution in [1.29, 1.82) is 0 Å². The molecule has 0 aliphatic rings. The topological polar surface area (TPSA) is 79.8 Å². The zero-order valence-electron chi connectivity index (χ0n) is 15.9. The summed E-state index contributed by atoms with van der Waals surface area (Å²) >= 11 is 1.38. The van der Waals surface area contributed by atoms with Gasteiger partial charge in [-0.25, -0.2) is 4.98 Å². The minimum absolute atomic E-state index is 0.0257. The summed E-state index contributed by atoms with van der Waals surface area (Å²) < 4.78 is 1.41. The maximum Gasteiger partial charge on any atom is 0.277 e. The Kier molecular flexibility index (Phi) is 5.39. The lowest BCUT2D eigenvalue weighted by Crippen LogP contribution is -2.27. The van der Waals surface area contributed by atoms with E-state index >= 15 is 0 Å². The molecule has 0 saturated heterocycles. The molecule has 2 heterocycles. The Hall–Kier alpha value is -3.45. The number of hydrogen-bond acceptors (Lipinski definition) is 4. The summed E-state index contributed by atoms with van der Waals surface area (Å²) in [4.78, 5) is 29.8. The number of aryl methyl sites for hydroxylation is 1. The third-order valence-corrected chi connectivity index (χ3v) is 5.44. The zero-order valence-corrected chi connectivity index (χ0v) is 16.7. The van der Waals surface area contributed by atoms with Gasteiger partial charge in [-0.2, -0.15) is 4.68 Å². The molecule has 0 aliphatic heterocycles. The average Bonchev–Trinajstić information content (AvgIpc) is 3.34. The molecule has 146 valence electrons. The van der Waals surface area contributed by atoms with Gasteiger partial charge in [-0.15, -0.1) is 11.3 Å². The monoisotopic (exact) mass is 404 g/mol. The molecule has 0 bridgehead atoms. The van der Waals surface area contributed by atoms with Gasteiger partial charge in [0, 0.05) is 28.7 Å². The second-order valence-electron chi connectivity index (χ2n) is 6.68. The van der Waals surface area contributed by atoms with Crippen LogP contribution in [0.15, 0.2) is 70.8 Å². The number of hydrogen-bond donors (Lipinski definition) is 2. The molecule has 29 heavy (non-hydrogen) atoms. The van der Waals surface area contributed by atoms with Crippen LogP contribution in [0.4, 0.5) is 0 Å². The highest BCUT2D eigenvalue weighted by molar-refractivity contribution is 7.12. The Morgan fingerprint density at radius 1 is 1.10 bits per heavy atom. The Balaban J connectivity index is 1.50. The van der Waals surface area contributed by atoms with Crippen LogP contribution >= 0.6 is 11.3 Å². The predicted molar refractivity (Wildman–Crippen MR) is 114 cm³/mol. The number of benzene rings is 2. The van der Waals surface area contributed by atoms with Crippen molar-refractivity contribution in [2.24, 2.45) is 0 Å². The maximum absolute atomic E-state index is 12.9. The highest BCUT2D eigenvalue weighted by Gasteiger charge is 2.17. The van der Waals surface area contributed by atoms with Crippen molar-refractivity contribution in [2.45, 2.75) is 19.9 Å². The van der Waals surface area contributed by atoms with E-state index in [0.717, 1.165) is 16.8 Å². The Bertz CT molecular complexity index is 1180. The van der Waals surface area contributed by atoms with Gasteiger partial charge in [-0.3, -0.25) is 14.7 Å². The molecule has 0 unspecified atom stereocenters. The quantitative estimate of drug-likeness (QED) is 0.517. The minimum atomic E-state index is -0.244. The number of nitrogens with zero attached hydrogens (tertiary/aromatic N) is 2. The smallest absolute Gasteiger partial charge is 0.277 e. The SMILES string of the molecule is Cc1[nH]n(-c2nc(-c3ccccc3)cs2)c(=O)c1CC(=O)NCc1ccccc1. The Labute approximate surface area is 171 Å². The van der Waals surface area contributed by atoms with Crippen LogP contribution in [0.1, 0.15) is 16.8 Å². The van der Waals surface area contributed by atoms with Crippen LogP contribution in [0.2, 0.25) is 0 Å². The number of carbonyl (C=O) groups excluding carboxylic acids is 1. The molecular formula is C22H20N4O2S. The molecular weight excluding hydrogens is 384 g/mol. The lowest BCUT2D eigenvalue weighted by Gasteiger charge is -2.04. The van der Waals surface area contributed by atoms with E-state index in [1.165, 1.54) is 16.0 Å². The van der Waals surface area contributed by atoms with Gasteiger partial charge in [-0.1, -0.05) is 60.7 Å². The van der Waals surface area contributed by atoms with E-state index in [1.54, 1.807) is 6.92 Å². The molecule has 0 radical (unpaired) electrons. The molecule has 0 spiro atoms. The van der Waals surface area contributed by atoms with Gasteiger partial charge in [0.2, 0.25) is 11.0 Å². The first-order valence-electron chi connectivity index (χ1n) is 9.24. The molecule has 4 aromatic rings. The maximum atomic E-state index is 12.9. The summed E-state index contributed by atoms with van der Waals surface area (Å²) in [5.41, 5.74) is 3.69. The predicted octanol–water partition coefficient (Wildman–Crippen LogP) is 3.46. The number of aromatic amines is 1. The summed E-state index contributed by atoms with van der Waals surface area (Å²) in [5, 5.41) is 8.37. The lowest BCUT2D eigenvalue weighted by atomic mass is 10.1. The number of aromatic nitrogens is 3. The van der Waals surface area contributed by atoms with Gasteiger partial charge in [0.15, 0.2) is 0 Å². The van der Waals surface area contributed by atoms with Crippen LogP contribution < -0.4 is 10.9 Å². The van der Waals surface area contributed by atoms with Gasteiger partial charge >= 0.3 is 0 Å². The fourth-order valence-corrected chi connectivity index (χ4v) is 3.84. The summed E-state index contributed by atoms with van der Waals surface area (Å²) in [6.07, 6.45) is 0.0257. The third-order valence-electron chi connectivity index (χ3n) is 4.62. The number of thiazole rings is 1. The van der Waals surface area contributed by atoms with Crippen LogP contribution in [0.25, 0.3) is 16.4 Å².